The van der Waals surface area contributed by atoms with Crippen LogP contribution < -0.4 is 20.1 Å². The number of hydrogen-bond donors (Lipinski definition) is 2. The zero-order valence-electron chi connectivity index (χ0n) is 14.2. The maximum absolute atomic E-state index is 12.1. The molecule has 0 radical (unpaired) electrons. The lowest BCUT2D eigenvalue weighted by molar-refractivity contribution is -0.121. The highest BCUT2D eigenvalue weighted by atomic mass is 32.2. The molecule has 0 spiro atoms. The van der Waals surface area contributed by atoms with Crippen LogP contribution in [0.3, 0.4) is 0 Å². The van der Waals surface area contributed by atoms with Crippen LogP contribution in [0.25, 0.3) is 0 Å². The summed E-state index contributed by atoms with van der Waals surface area (Å²) in [4.78, 5) is 13.2. The van der Waals surface area contributed by atoms with Crippen LogP contribution in [-0.2, 0) is 4.79 Å². The molecule has 6 heteroatoms. The van der Waals surface area contributed by atoms with Crippen molar-refractivity contribution in [2.75, 3.05) is 38.6 Å². The van der Waals surface area contributed by atoms with E-state index in [1.54, 1.807) is 11.8 Å². The molecule has 2 N–H and O–H groups in total. The third-order valence-electron chi connectivity index (χ3n) is 4.63. The van der Waals surface area contributed by atoms with Gasteiger partial charge in [-0.2, -0.15) is 0 Å². The van der Waals surface area contributed by atoms with E-state index in [-0.39, 0.29) is 11.3 Å². The van der Waals surface area contributed by atoms with Gasteiger partial charge in [0.15, 0.2) is 11.5 Å². The minimum Gasteiger partial charge on any atom is -0.486 e. The van der Waals surface area contributed by atoms with Crippen molar-refractivity contribution in [3.8, 4) is 11.5 Å². The molecule has 1 amide bonds. The Morgan fingerprint density at radius 2 is 2.00 bits per heavy atom. The lowest BCUT2D eigenvalue weighted by atomic mass is 9.81. The molecule has 5 nitrogen and oxygen atoms in total. The van der Waals surface area contributed by atoms with E-state index in [0.29, 0.717) is 19.6 Å². The van der Waals surface area contributed by atoms with Gasteiger partial charge in [-0.1, -0.05) is 6.92 Å². The summed E-state index contributed by atoms with van der Waals surface area (Å²) < 4.78 is 11.1. The van der Waals surface area contributed by atoms with Crippen LogP contribution in [0.4, 0.5) is 0 Å². The Labute approximate surface area is 147 Å². The van der Waals surface area contributed by atoms with E-state index in [9.17, 15) is 4.79 Å². The molecule has 1 fully saturated rings. The summed E-state index contributed by atoms with van der Waals surface area (Å²) >= 11 is 1.68. The molecule has 2 heterocycles. The van der Waals surface area contributed by atoms with Gasteiger partial charge in [0, 0.05) is 23.6 Å². The molecule has 132 valence electrons. The molecule has 1 aromatic rings. The molecule has 0 saturated carbocycles. The minimum absolute atomic E-state index is 0.139. The van der Waals surface area contributed by atoms with Crippen LogP contribution in [0.15, 0.2) is 23.1 Å². The fourth-order valence-electron chi connectivity index (χ4n) is 2.98. The number of ether oxygens (including phenoxy) is 2. The molecule has 0 aliphatic carbocycles. The van der Waals surface area contributed by atoms with Gasteiger partial charge in [0.2, 0.25) is 5.91 Å². The Morgan fingerprint density at radius 3 is 2.79 bits per heavy atom. The average molecular weight is 350 g/mol. The number of benzene rings is 1. The average Bonchev–Trinajstić information content (AvgIpc) is 2.61. The normalized spacial score (nSPS) is 18.9. The Hall–Kier alpha value is -1.40. The first-order valence-electron chi connectivity index (χ1n) is 8.65. The fraction of sp³-hybridized carbons (Fsp3) is 0.611. The van der Waals surface area contributed by atoms with Gasteiger partial charge in [0.25, 0.3) is 0 Å². The summed E-state index contributed by atoms with van der Waals surface area (Å²) in [7, 11) is 0. The van der Waals surface area contributed by atoms with Crippen molar-refractivity contribution in [1.82, 2.24) is 10.6 Å². The molecule has 3 rings (SSSR count). The molecule has 0 bridgehead atoms. The molecule has 0 aromatic heterocycles. The van der Waals surface area contributed by atoms with E-state index in [0.717, 1.165) is 54.6 Å². The lowest BCUT2D eigenvalue weighted by Gasteiger charge is -2.34. The Balaban J connectivity index is 1.39. The standard InChI is InChI=1S/C18H26N2O3S/c1-18(5-7-19-8-6-18)13-20-17(21)4-11-24-14-2-3-15-16(12-14)23-10-9-22-15/h2-3,12,19H,4-11,13H2,1H3,(H,20,21). The summed E-state index contributed by atoms with van der Waals surface area (Å²) in [6, 6.07) is 5.95. The molecule has 2 aliphatic heterocycles. The number of carbonyl (C=O) groups is 1. The summed E-state index contributed by atoms with van der Waals surface area (Å²) in [5.74, 6) is 2.51. The SMILES string of the molecule is CC1(CNC(=O)CCSc2ccc3c(c2)OCCO3)CCNCC1. The zero-order chi connectivity index (χ0) is 16.8. The molecule has 24 heavy (non-hydrogen) atoms. The quantitative estimate of drug-likeness (QED) is 0.772. The molecule has 0 unspecified atom stereocenters. The van der Waals surface area contributed by atoms with Crippen molar-refractivity contribution in [1.29, 1.82) is 0 Å². The monoisotopic (exact) mass is 350 g/mol. The summed E-state index contributed by atoms with van der Waals surface area (Å²) in [6.45, 7) is 6.34. The van der Waals surface area contributed by atoms with E-state index in [1.165, 1.54) is 0 Å². The second-order valence-corrected chi connectivity index (χ2v) is 7.91. The van der Waals surface area contributed by atoms with E-state index in [4.69, 9.17) is 9.47 Å². The highest BCUT2D eigenvalue weighted by Gasteiger charge is 2.26. The lowest BCUT2D eigenvalue weighted by Crippen LogP contribution is -2.42. The summed E-state index contributed by atoms with van der Waals surface area (Å²) in [5, 5.41) is 6.47. The predicted octanol–water partition coefficient (Wildman–Crippen LogP) is 2.45. The first-order valence-corrected chi connectivity index (χ1v) is 9.63. The second kappa shape index (κ2) is 8.12. The number of thioether (sulfide) groups is 1. The largest absolute Gasteiger partial charge is 0.486 e. The molecular formula is C18H26N2O3S. The highest BCUT2D eigenvalue weighted by Crippen LogP contribution is 2.34. The predicted molar refractivity (Wildman–Crippen MR) is 96.0 cm³/mol. The minimum atomic E-state index is 0.139. The van der Waals surface area contributed by atoms with E-state index < -0.39 is 0 Å². The number of hydrogen-bond acceptors (Lipinski definition) is 5. The number of nitrogens with one attached hydrogen (secondary N) is 2. The van der Waals surface area contributed by atoms with Crippen LogP contribution in [0, 0.1) is 5.41 Å². The van der Waals surface area contributed by atoms with E-state index in [1.807, 2.05) is 18.2 Å². The molecule has 1 saturated heterocycles. The van der Waals surface area contributed by atoms with Crippen molar-refractivity contribution in [3.05, 3.63) is 18.2 Å². The first kappa shape index (κ1) is 17.4. The number of piperidine rings is 1. The maximum Gasteiger partial charge on any atom is 0.220 e. The number of carbonyl (C=O) groups excluding carboxylic acids is 1. The van der Waals surface area contributed by atoms with Crippen LogP contribution in [0.2, 0.25) is 0 Å². The van der Waals surface area contributed by atoms with Crippen molar-refractivity contribution in [3.63, 3.8) is 0 Å². The van der Waals surface area contributed by atoms with Gasteiger partial charge in [0.1, 0.15) is 13.2 Å². The molecule has 1 aromatic carbocycles. The Kier molecular flexibility index (Phi) is 5.89. The number of amides is 1. The molecule has 2 aliphatic rings. The van der Waals surface area contributed by atoms with Crippen molar-refractivity contribution >= 4 is 17.7 Å². The third-order valence-corrected chi connectivity index (χ3v) is 5.63. The van der Waals surface area contributed by atoms with Gasteiger partial charge in [-0.05, 0) is 49.5 Å². The number of rotatable bonds is 6. The molecular weight excluding hydrogens is 324 g/mol. The smallest absolute Gasteiger partial charge is 0.220 e. The van der Waals surface area contributed by atoms with Gasteiger partial charge in [-0.15, -0.1) is 11.8 Å². The number of fused-ring (bicyclic) bond motifs is 1. The van der Waals surface area contributed by atoms with Gasteiger partial charge >= 0.3 is 0 Å². The molecule has 0 atom stereocenters. The van der Waals surface area contributed by atoms with Crippen LogP contribution >= 0.6 is 11.8 Å². The van der Waals surface area contributed by atoms with Gasteiger partial charge in [0.05, 0.1) is 0 Å². The third kappa shape index (κ3) is 4.80. The summed E-state index contributed by atoms with van der Waals surface area (Å²) in [5.41, 5.74) is 0.240. The summed E-state index contributed by atoms with van der Waals surface area (Å²) in [6.07, 6.45) is 2.78. The first-order chi connectivity index (χ1) is 11.6. The van der Waals surface area contributed by atoms with Crippen LogP contribution in [0.1, 0.15) is 26.2 Å². The van der Waals surface area contributed by atoms with Gasteiger partial charge in [-0.3, -0.25) is 4.79 Å². The van der Waals surface area contributed by atoms with Crippen LogP contribution in [-0.4, -0.2) is 44.5 Å². The highest BCUT2D eigenvalue weighted by molar-refractivity contribution is 7.99. The van der Waals surface area contributed by atoms with Crippen molar-refractivity contribution in [2.45, 2.75) is 31.1 Å². The topological polar surface area (TPSA) is 59.6 Å². The van der Waals surface area contributed by atoms with Crippen molar-refractivity contribution in [2.24, 2.45) is 5.41 Å². The van der Waals surface area contributed by atoms with Gasteiger partial charge in [-0.25, -0.2) is 0 Å². The Morgan fingerprint density at radius 1 is 1.25 bits per heavy atom. The van der Waals surface area contributed by atoms with Crippen molar-refractivity contribution < 1.29 is 14.3 Å². The fourth-order valence-corrected chi connectivity index (χ4v) is 3.86. The van der Waals surface area contributed by atoms with E-state index >= 15 is 0 Å². The van der Waals surface area contributed by atoms with E-state index in [2.05, 4.69) is 17.6 Å². The second-order valence-electron chi connectivity index (χ2n) is 6.74. The van der Waals surface area contributed by atoms with Gasteiger partial charge < -0.3 is 20.1 Å². The zero-order valence-corrected chi connectivity index (χ0v) is 15.0. The maximum atomic E-state index is 12.1. The van der Waals surface area contributed by atoms with Crippen LogP contribution in [0.5, 0.6) is 11.5 Å². The Bertz CT molecular complexity index is 573.